The van der Waals surface area contributed by atoms with Gasteiger partial charge in [-0.2, -0.15) is 21.8 Å². The minimum Gasteiger partial charge on any atom is -0.382 e. The highest BCUT2D eigenvalue weighted by Gasteiger charge is 2.36. The largest absolute Gasteiger partial charge is 0.418 e. The Morgan fingerprint density at radius 3 is 1.49 bits per heavy atom. The van der Waals surface area contributed by atoms with Crippen LogP contribution >= 0.6 is 45.9 Å². The number of benzene rings is 4. The smallest absolute Gasteiger partial charge is 0.382 e. The number of para-hydroxylation sites is 1. The summed E-state index contributed by atoms with van der Waals surface area (Å²) in [6.07, 6.45) is -2.45. The van der Waals surface area contributed by atoms with Crippen LogP contribution < -0.4 is 27.0 Å². The van der Waals surface area contributed by atoms with E-state index in [4.69, 9.17) is 28.9 Å². The highest BCUT2D eigenvalue weighted by molar-refractivity contribution is 7.91. The molecule has 4 aromatic carbocycles. The highest BCUT2D eigenvalue weighted by atomic mass is 35.5. The number of nitrogens with two attached hydrogens (primary N) is 1. The number of nitrogens with zero attached hydrogens (tertiary/aromatic N) is 2. The van der Waals surface area contributed by atoms with Crippen molar-refractivity contribution < 1.29 is 44.4 Å². The van der Waals surface area contributed by atoms with Crippen LogP contribution in [-0.2, 0) is 39.3 Å². The van der Waals surface area contributed by atoms with Crippen LogP contribution in [0.5, 0.6) is 0 Å². The summed E-state index contributed by atoms with van der Waals surface area (Å²) < 4.78 is 95.5. The predicted octanol–water partition coefficient (Wildman–Crippen LogP) is 9.31. The Morgan fingerprint density at radius 2 is 1.04 bits per heavy atom. The quantitative estimate of drug-likeness (QED) is 0.0665. The molecule has 0 saturated carbocycles. The number of primary amides is 1. The number of anilines is 2. The summed E-state index contributed by atoms with van der Waals surface area (Å²) >= 11 is 13.9. The Balaban J connectivity index is 0.000000209. The van der Waals surface area contributed by atoms with Gasteiger partial charge in [0.1, 0.15) is 8.42 Å². The number of piperidine rings is 2. The lowest BCUT2D eigenvalue weighted by Gasteiger charge is -2.32. The van der Waals surface area contributed by atoms with Crippen LogP contribution in [-0.4, -0.2) is 81.4 Å². The van der Waals surface area contributed by atoms with Crippen molar-refractivity contribution in [2.45, 2.75) is 65.5 Å². The molecule has 3 amide bonds. The van der Waals surface area contributed by atoms with Crippen molar-refractivity contribution in [1.82, 2.24) is 19.2 Å². The van der Waals surface area contributed by atoms with Crippen LogP contribution in [0.25, 0.3) is 0 Å². The minimum atomic E-state index is -4.47. The van der Waals surface area contributed by atoms with E-state index < -0.39 is 37.7 Å². The van der Waals surface area contributed by atoms with Crippen molar-refractivity contribution in [2.75, 3.05) is 36.8 Å². The molecule has 0 unspecified atom stereocenters. The molecule has 14 nitrogen and oxygen atoms in total. The number of alkyl halides is 3. The number of sulfonamides is 2. The first-order chi connectivity index (χ1) is 33.8. The SMILES string of the molecule is NC(=O)c1cccc(NC2CCN(S(=O)(=O)c3ccc(CNC(=O)c4ccc(Cl)cc4)s3)CC2)c1.O=C(NCc1ccc(S(=O)(=O)N2CCC(Nc3ccccc3C(F)(F)F)CC2)s1)c1ccc(Cl)cc1. The summed E-state index contributed by atoms with van der Waals surface area (Å²) in [7, 11) is -7.36. The van der Waals surface area contributed by atoms with Gasteiger partial charge < -0.3 is 27.0 Å². The number of hydrogen-bond donors (Lipinski definition) is 5. The fraction of sp³-hybridized carbons (Fsp3) is 0.271. The molecule has 2 aromatic heterocycles. The molecule has 2 aliphatic heterocycles. The van der Waals surface area contributed by atoms with E-state index in [2.05, 4.69) is 21.3 Å². The Kier molecular flexibility index (Phi) is 17.5. The van der Waals surface area contributed by atoms with E-state index in [0.29, 0.717) is 70.4 Å². The number of nitrogens with one attached hydrogen (secondary N) is 4. The van der Waals surface area contributed by atoms with Crippen molar-refractivity contribution >= 4 is 95.0 Å². The first-order valence-electron chi connectivity index (χ1n) is 22.1. The molecule has 71 heavy (non-hydrogen) atoms. The van der Waals surface area contributed by atoms with E-state index in [1.807, 2.05) is 6.07 Å². The van der Waals surface area contributed by atoms with Crippen LogP contribution in [0.3, 0.4) is 0 Å². The van der Waals surface area contributed by atoms with Gasteiger partial charge in [-0.25, -0.2) is 16.8 Å². The average molecular weight is 1090 g/mol. The van der Waals surface area contributed by atoms with Crippen molar-refractivity contribution in [2.24, 2.45) is 5.73 Å². The molecule has 0 aliphatic carbocycles. The number of rotatable bonds is 15. The van der Waals surface area contributed by atoms with Crippen molar-refractivity contribution in [3.05, 3.63) is 163 Å². The van der Waals surface area contributed by atoms with Crippen LogP contribution in [0, 0.1) is 0 Å². The van der Waals surface area contributed by atoms with E-state index >= 15 is 0 Å². The molecule has 2 fully saturated rings. The molecule has 376 valence electrons. The Bertz CT molecular complexity index is 3050. The monoisotopic (exact) mass is 1090 g/mol. The first kappa shape index (κ1) is 53.3. The molecule has 6 aromatic rings. The summed E-state index contributed by atoms with van der Waals surface area (Å²) in [5, 5.41) is 12.9. The second kappa shape index (κ2) is 23.4. The second-order valence-corrected chi connectivity index (χ2v) is 24.0. The van der Waals surface area contributed by atoms with Gasteiger partial charge in [0.2, 0.25) is 5.91 Å². The molecular weight excluding hydrogens is 1040 g/mol. The molecular formula is C48H48Cl2F3N7O7S4. The number of amides is 3. The standard InChI is InChI=1S/C24H23ClF3N3O3S2.C24H25ClN4O4S2/c25-17-7-5-16(6-8-17)23(32)29-15-19-9-10-22(35-19)36(33,34)31-13-11-18(12-14-31)30-21-4-2-1-3-20(21)24(26,27)28;25-18-6-4-16(5-7-18)24(31)27-15-21-8-9-22(34-21)35(32,33)29-12-10-19(11-13-29)28-20-3-1-2-17(14-20)23(26)30/h1-10,18,30H,11-15H2,(H,29,32);1-9,14,19,28H,10-13,15H2,(H2,26,30)(H,27,31). The fourth-order valence-electron chi connectivity index (χ4n) is 7.73. The van der Waals surface area contributed by atoms with Gasteiger partial charge in [-0.3, -0.25) is 14.4 Å². The number of carbonyl (C=O) groups excluding carboxylic acids is 3. The average Bonchev–Trinajstić information content (AvgIpc) is 4.05. The number of thiophene rings is 2. The molecule has 4 heterocycles. The second-order valence-electron chi connectivity index (χ2n) is 16.5. The highest BCUT2D eigenvalue weighted by Crippen LogP contribution is 2.36. The molecule has 0 spiro atoms. The lowest BCUT2D eigenvalue weighted by Crippen LogP contribution is -2.42. The van der Waals surface area contributed by atoms with Gasteiger partial charge in [0, 0.05) is 86.1 Å². The molecule has 23 heteroatoms. The first-order valence-corrected chi connectivity index (χ1v) is 27.4. The number of carbonyl (C=O) groups is 3. The Hall–Kier alpha value is -5.52. The maximum atomic E-state index is 13.3. The van der Waals surface area contributed by atoms with Crippen LogP contribution in [0.1, 0.15) is 72.1 Å². The van der Waals surface area contributed by atoms with E-state index in [1.54, 1.807) is 84.9 Å². The van der Waals surface area contributed by atoms with Gasteiger partial charge in [0.25, 0.3) is 31.9 Å². The summed E-state index contributed by atoms with van der Waals surface area (Å²) in [4.78, 5) is 37.4. The molecule has 6 N–H and O–H groups in total. The molecule has 2 aliphatic rings. The molecule has 2 saturated heterocycles. The number of halogens is 5. The van der Waals surface area contributed by atoms with Crippen molar-refractivity contribution in [1.29, 1.82) is 0 Å². The van der Waals surface area contributed by atoms with Crippen molar-refractivity contribution in [3.63, 3.8) is 0 Å². The van der Waals surface area contributed by atoms with Gasteiger partial charge in [0.15, 0.2) is 0 Å². The maximum absolute atomic E-state index is 13.3. The maximum Gasteiger partial charge on any atom is 0.418 e. The van der Waals surface area contributed by atoms with E-state index in [1.165, 1.54) is 32.9 Å². The zero-order valence-corrected chi connectivity index (χ0v) is 42.4. The normalized spacial score (nSPS) is 15.3. The number of hydrogen-bond acceptors (Lipinski definition) is 11. The molecule has 0 atom stereocenters. The van der Waals surface area contributed by atoms with Gasteiger partial charge >= 0.3 is 6.18 Å². The Morgan fingerprint density at radius 1 is 0.592 bits per heavy atom. The summed E-state index contributed by atoms with van der Waals surface area (Å²) in [5.41, 5.74) is 6.73. The third kappa shape index (κ3) is 14.1. The van der Waals surface area contributed by atoms with Gasteiger partial charge in [-0.1, -0.05) is 41.4 Å². The molecule has 8 rings (SSSR count). The van der Waals surface area contributed by atoms with Gasteiger partial charge in [-0.15, -0.1) is 22.7 Å². The van der Waals surface area contributed by atoms with E-state index in [0.717, 1.165) is 39.3 Å². The summed E-state index contributed by atoms with van der Waals surface area (Å²) in [6.45, 7) is 1.56. The zero-order valence-electron chi connectivity index (χ0n) is 37.6. The van der Waals surface area contributed by atoms with Crippen LogP contribution in [0.15, 0.2) is 130 Å². The van der Waals surface area contributed by atoms with E-state index in [9.17, 15) is 44.4 Å². The molecule has 0 radical (unpaired) electrons. The lowest BCUT2D eigenvalue weighted by molar-refractivity contribution is -0.137. The third-order valence-corrected chi connectivity index (χ3v) is 18.9. The predicted molar refractivity (Wildman–Crippen MR) is 271 cm³/mol. The third-order valence-electron chi connectivity index (χ3n) is 11.5. The van der Waals surface area contributed by atoms with Gasteiger partial charge in [0.05, 0.1) is 18.7 Å². The van der Waals surface area contributed by atoms with Crippen molar-refractivity contribution in [3.8, 4) is 0 Å². The zero-order chi connectivity index (χ0) is 50.9. The molecule has 0 bridgehead atoms. The minimum absolute atomic E-state index is 0.00477. The van der Waals surface area contributed by atoms with Gasteiger partial charge in [-0.05, 0) is 129 Å². The van der Waals surface area contributed by atoms with E-state index in [-0.39, 0.29) is 64.2 Å². The lowest BCUT2D eigenvalue weighted by atomic mass is 10.0. The Labute approximate surface area is 427 Å². The summed E-state index contributed by atoms with van der Waals surface area (Å²) in [6, 6.07) is 31.5. The van der Waals surface area contributed by atoms with Crippen LogP contribution in [0.4, 0.5) is 24.5 Å². The van der Waals surface area contributed by atoms with Crippen LogP contribution in [0.2, 0.25) is 10.0 Å². The summed E-state index contributed by atoms with van der Waals surface area (Å²) in [5.74, 6) is -1.05. The fourth-order valence-corrected chi connectivity index (χ4v) is 13.8. The topological polar surface area (TPSA) is 200 Å².